The summed E-state index contributed by atoms with van der Waals surface area (Å²) in [5, 5.41) is 9.02. The average molecular weight is 374 g/mol. The summed E-state index contributed by atoms with van der Waals surface area (Å²) in [4.78, 5) is 1.97. The van der Waals surface area contributed by atoms with Crippen molar-refractivity contribution in [2.75, 3.05) is 18.2 Å². The molecule has 0 aromatic heterocycles. The second-order valence-electron chi connectivity index (χ2n) is 6.94. The van der Waals surface area contributed by atoms with Crippen LogP contribution in [0, 0.1) is 11.3 Å². The van der Waals surface area contributed by atoms with Crippen LogP contribution < -0.4 is 14.4 Å². The van der Waals surface area contributed by atoms with Crippen molar-refractivity contribution in [3.63, 3.8) is 0 Å². The summed E-state index contributed by atoms with van der Waals surface area (Å²) in [6, 6.07) is 11.2. The van der Waals surface area contributed by atoms with E-state index in [1.807, 2.05) is 30.0 Å². The molecule has 140 valence electrons. The summed E-state index contributed by atoms with van der Waals surface area (Å²) < 4.78 is 50.9. The molecule has 0 spiro atoms. The lowest BCUT2D eigenvalue weighted by Crippen LogP contribution is -2.38. The average Bonchev–Trinajstić information content (AvgIpc) is 3.26. The third-order valence-electron chi connectivity index (χ3n) is 5.38. The second-order valence-corrected chi connectivity index (χ2v) is 6.94. The Morgan fingerprint density at radius 2 is 1.89 bits per heavy atom. The SMILES string of the molecule is CC1(c2ccc3c(c2)OCO3)CCCN1c1ccc(C#N)c(C(F)(F)F)c1. The van der Waals surface area contributed by atoms with E-state index in [-0.39, 0.29) is 12.4 Å². The van der Waals surface area contributed by atoms with Gasteiger partial charge in [0.25, 0.3) is 0 Å². The van der Waals surface area contributed by atoms with Crippen molar-refractivity contribution in [2.45, 2.75) is 31.5 Å². The molecule has 2 aliphatic heterocycles. The van der Waals surface area contributed by atoms with Gasteiger partial charge in [0.05, 0.1) is 22.7 Å². The Morgan fingerprint density at radius 1 is 1.11 bits per heavy atom. The van der Waals surface area contributed by atoms with Crippen LogP contribution in [-0.4, -0.2) is 13.3 Å². The van der Waals surface area contributed by atoms with Crippen LogP contribution in [0.4, 0.5) is 18.9 Å². The van der Waals surface area contributed by atoms with Gasteiger partial charge in [0.2, 0.25) is 6.79 Å². The molecule has 2 heterocycles. The largest absolute Gasteiger partial charge is 0.454 e. The van der Waals surface area contributed by atoms with E-state index in [0.717, 1.165) is 24.5 Å². The van der Waals surface area contributed by atoms with Gasteiger partial charge in [-0.15, -0.1) is 0 Å². The molecule has 0 aliphatic carbocycles. The number of anilines is 1. The summed E-state index contributed by atoms with van der Waals surface area (Å²) in [5.74, 6) is 1.32. The highest BCUT2D eigenvalue weighted by Crippen LogP contribution is 2.46. The summed E-state index contributed by atoms with van der Waals surface area (Å²) in [6.45, 7) is 2.82. The van der Waals surface area contributed by atoms with Gasteiger partial charge >= 0.3 is 6.18 Å². The number of fused-ring (bicyclic) bond motifs is 1. The number of halogens is 3. The Morgan fingerprint density at radius 3 is 2.63 bits per heavy atom. The number of alkyl halides is 3. The number of hydrogen-bond acceptors (Lipinski definition) is 4. The second kappa shape index (κ2) is 6.08. The zero-order valence-corrected chi connectivity index (χ0v) is 14.6. The smallest absolute Gasteiger partial charge is 0.417 e. The van der Waals surface area contributed by atoms with Gasteiger partial charge in [0.1, 0.15) is 0 Å². The zero-order valence-electron chi connectivity index (χ0n) is 14.6. The minimum absolute atomic E-state index is 0.170. The fourth-order valence-electron chi connectivity index (χ4n) is 3.94. The summed E-state index contributed by atoms with van der Waals surface area (Å²) >= 11 is 0. The first-order valence-electron chi connectivity index (χ1n) is 8.62. The number of rotatable bonds is 2. The van der Waals surface area contributed by atoms with E-state index in [4.69, 9.17) is 14.7 Å². The summed E-state index contributed by atoms with van der Waals surface area (Å²) in [6.07, 6.45) is -2.92. The van der Waals surface area contributed by atoms with Crippen LogP contribution in [-0.2, 0) is 11.7 Å². The highest BCUT2D eigenvalue weighted by atomic mass is 19.4. The molecule has 0 bridgehead atoms. The molecule has 0 amide bonds. The van der Waals surface area contributed by atoms with Gasteiger partial charge in [-0.3, -0.25) is 0 Å². The molecule has 27 heavy (non-hydrogen) atoms. The number of ether oxygens (including phenoxy) is 2. The molecule has 1 fully saturated rings. The van der Waals surface area contributed by atoms with Gasteiger partial charge in [0.15, 0.2) is 11.5 Å². The van der Waals surface area contributed by atoms with Crippen molar-refractivity contribution in [3.05, 3.63) is 53.1 Å². The summed E-state index contributed by atoms with van der Waals surface area (Å²) in [5.41, 5.74) is -0.323. The lowest BCUT2D eigenvalue weighted by molar-refractivity contribution is -0.137. The number of hydrogen-bond donors (Lipinski definition) is 0. The maximum atomic E-state index is 13.4. The quantitative estimate of drug-likeness (QED) is 0.756. The van der Waals surface area contributed by atoms with Gasteiger partial charge in [-0.25, -0.2) is 0 Å². The fourth-order valence-corrected chi connectivity index (χ4v) is 3.94. The van der Waals surface area contributed by atoms with Crippen LogP contribution in [0.2, 0.25) is 0 Å². The van der Waals surface area contributed by atoms with Crippen molar-refractivity contribution in [2.24, 2.45) is 0 Å². The van der Waals surface area contributed by atoms with Gasteiger partial charge in [0, 0.05) is 12.2 Å². The van der Waals surface area contributed by atoms with Crippen molar-refractivity contribution in [3.8, 4) is 17.6 Å². The number of nitriles is 1. The molecule has 4 nitrogen and oxygen atoms in total. The van der Waals surface area contributed by atoms with E-state index < -0.39 is 17.3 Å². The third-order valence-corrected chi connectivity index (χ3v) is 5.38. The third kappa shape index (κ3) is 2.85. The van der Waals surface area contributed by atoms with Crippen LogP contribution in [0.5, 0.6) is 11.5 Å². The molecule has 2 aromatic rings. The molecule has 1 atom stereocenters. The van der Waals surface area contributed by atoms with Gasteiger partial charge in [-0.1, -0.05) is 6.07 Å². The molecule has 0 saturated carbocycles. The molecule has 4 rings (SSSR count). The predicted octanol–water partition coefficient (Wildman–Crippen LogP) is 4.82. The highest BCUT2D eigenvalue weighted by molar-refractivity contribution is 5.59. The van der Waals surface area contributed by atoms with Crippen LogP contribution in [0.25, 0.3) is 0 Å². The van der Waals surface area contributed by atoms with E-state index >= 15 is 0 Å². The first-order chi connectivity index (χ1) is 12.8. The topological polar surface area (TPSA) is 45.5 Å². The Kier molecular flexibility index (Phi) is 3.95. The fraction of sp³-hybridized carbons (Fsp3) is 0.350. The molecular weight excluding hydrogens is 357 g/mol. The van der Waals surface area contributed by atoms with E-state index in [0.29, 0.717) is 23.7 Å². The summed E-state index contributed by atoms with van der Waals surface area (Å²) in [7, 11) is 0. The molecule has 1 unspecified atom stereocenters. The van der Waals surface area contributed by atoms with Crippen molar-refractivity contribution < 1.29 is 22.6 Å². The predicted molar refractivity (Wildman–Crippen MR) is 92.7 cm³/mol. The molecule has 7 heteroatoms. The first kappa shape index (κ1) is 17.5. The molecule has 2 aliphatic rings. The van der Waals surface area contributed by atoms with Gasteiger partial charge in [-0.2, -0.15) is 18.4 Å². The molecule has 2 aromatic carbocycles. The Hall–Kier alpha value is -2.88. The molecule has 0 radical (unpaired) electrons. The Bertz CT molecular complexity index is 936. The number of benzene rings is 2. The maximum Gasteiger partial charge on any atom is 0.417 e. The lowest BCUT2D eigenvalue weighted by atomic mass is 9.88. The van der Waals surface area contributed by atoms with Crippen molar-refractivity contribution in [1.82, 2.24) is 0 Å². The number of nitrogens with zero attached hydrogens (tertiary/aromatic N) is 2. The molecule has 0 N–H and O–H groups in total. The normalized spacial score (nSPS) is 21.4. The standard InChI is InChI=1S/C20H17F3N2O2/c1-19(14-4-6-17-18(9-14)27-12-26-17)7-2-8-25(19)15-5-3-13(11-24)16(10-15)20(21,22)23/h3-6,9-10H,2,7-8,12H2,1H3. The minimum atomic E-state index is -4.57. The zero-order chi connectivity index (χ0) is 19.2. The lowest BCUT2D eigenvalue weighted by Gasteiger charge is -2.38. The van der Waals surface area contributed by atoms with Gasteiger partial charge in [-0.05, 0) is 55.7 Å². The Balaban J connectivity index is 1.76. The van der Waals surface area contributed by atoms with Gasteiger partial charge < -0.3 is 14.4 Å². The molecular formula is C20H17F3N2O2. The van der Waals surface area contributed by atoms with Crippen LogP contribution in [0.1, 0.15) is 36.5 Å². The first-order valence-corrected chi connectivity index (χ1v) is 8.62. The minimum Gasteiger partial charge on any atom is -0.454 e. The van der Waals surface area contributed by atoms with Crippen molar-refractivity contribution >= 4 is 5.69 Å². The van der Waals surface area contributed by atoms with E-state index in [2.05, 4.69) is 0 Å². The monoisotopic (exact) mass is 374 g/mol. The molecule has 1 saturated heterocycles. The van der Waals surface area contributed by atoms with Crippen LogP contribution >= 0.6 is 0 Å². The highest BCUT2D eigenvalue weighted by Gasteiger charge is 2.41. The van der Waals surface area contributed by atoms with E-state index in [9.17, 15) is 13.2 Å². The van der Waals surface area contributed by atoms with Crippen LogP contribution in [0.15, 0.2) is 36.4 Å². The van der Waals surface area contributed by atoms with Crippen LogP contribution in [0.3, 0.4) is 0 Å². The van der Waals surface area contributed by atoms with E-state index in [1.165, 1.54) is 6.07 Å². The maximum absolute atomic E-state index is 13.4. The van der Waals surface area contributed by atoms with E-state index in [1.54, 1.807) is 12.1 Å². The van der Waals surface area contributed by atoms with Crippen molar-refractivity contribution in [1.29, 1.82) is 5.26 Å². The Labute approximate surface area is 154 Å².